The summed E-state index contributed by atoms with van der Waals surface area (Å²) in [6, 6.07) is 11.0. The Bertz CT molecular complexity index is 1350. The molecule has 0 spiro atoms. The van der Waals surface area contributed by atoms with Crippen molar-refractivity contribution in [1.82, 2.24) is 20.5 Å². The van der Waals surface area contributed by atoms with E-state index in [4.69, 9.17) is 6.42 Å². The summed E-state index contributed by atoms with van der Waals surface area (Å²) in [5.41, 5.74) is 2.31. The molecular weight excluding hydrogens is 526 g/mol. The van der Waals surface area contributed by atoms with Crippen molar-refractivity contribution < 1.29 is 23.5 Å². The van der Waals surface area contributed by atoms with Gasteiger partial charge in [-0.3, -0.25) is 14.6 Å². The molecule has 41 heavy (non-hydrogen) atoms. The van der Waals surface area contributed by atoms with E-state index in [0.29, 0.717) is 19.6 Å². The molecule has 9 heteroatoms. The number of halogens is 2. The highest BCUT2D eigenvalue weighted by atomic mass is 19.1. The molecule has 3 aromatic rings. The number of aromatic nitrogens is 1. The summed E-state index contributed by atoms with van der Waals surface area (Å²) < 4.78 is 27.8. The van der Waals surface area contributed by atoms with Crippen molar-refractivity contribution in [2.75, 3.05) is 19.6 Å². The standard InChI is InChI=1S/C32H36F2N4O3/c1-4-10-38(11-5-2)32(41)26-16-25(19-36-20-26)31(40)37-29(15-24-13-27(33)17-28(34)14-24)30(39)21-35-18-23-9-7-8-22(6-3)12-23/h3,7-9,12-14,16-17,19-20,29-30,35,39H,4-5,10-11,15,18,21H2,1-2H3,(H,37,40)/t29-,30+/m0/s1. The lowest BCUT2D eigenvalue weighted by atomic mass is 10.00. The van der Waals surface area contributed by atoms with Crippen LogP contribution in [0.15, 0.2) is 60.9 Å². The van der Waals surface area contributed by atoms with Gasteiger partial charge in [0.15, 0.2) is 0 Å². The lowest BCUT2D eigenvalue weighted by molar-refractivity contribution is 0.0755. The summed E-state index contributed by atoms with van der Waals surface area (Å²) in [5, 5.41) is 16.9. The first-order valence-corrected chi connectivity index (χ1v) is 13.7. The van der Waals surface area contributed by atoms with Crippen molar-refractivity contribution in [2.45, 2.75) is 51.8 Å². The largest absolute Gasteiger partial charge is 0.390 e. The zero-order valence-electron chi connectivity index (χ0n) is 23.4. The van der Waals surface area contributed by atoms with Crippen LogP contribution in [0.3, 0.4) is 0 Å². The zero-order valence-corrected chi connectivity index (χ0v) is 23.4. The van der Waals surface area contributed by atoms with Crippen LogP contribution in [-0.4, -0.2) is 58.6 Å². The molecule has 216 valence electrons. The van der Waals surface area contributed by atoms with E-state index in [-0.39, 0.29) is 35.6 Å². The number of aliphatic hydroxyl groups is 1. The van der Waals surface area contributed by atoms with Gasteiger partial charge in [-0.05, 0) is 60.7 Å². The van der Waals surface area contributed by atoms with Crippen LogP contribution < -0.4 is 10.6 Å². The maximum Gasteiger partial charge on any atom is 0.255 e. The first-order valence-electron chi connectivity index (χ1n) is 13.7. The maximum atomic E-state index is 13.9. The number of terminal acetylenes is 1. The zero-order chi connectivity index (χ0) is 29.8. The average molecular weight is 563 g/mol. The quantitative estimate of drug-likeness (QED) is 0.257. The predicted octanol–water partition coefficient (Wildman–Crippen LogP) is 4.10. The Morgan fingerprint density at radius 3 is 2.34 bits per heavy atom. The van der Waals surface area contributed by atoms with Crippen molar-refractivity contribution in [3.8, 4) is 12.3 Å². The fourth-order valence-corrected chi connectivity index (χ4v) is 4.51. The lowest BCUT2D eigenvalue weighted by Gasteiger charge is -2.25. The van der Waals surface area contributed by atoms with E-state index in [9.17, 15) is 23.5 Å². The molecule has 0 fully saturated rings. The molecule has 1 aromatic heterocycles. The number of nitrogens with one attached hydrogen (secondary N) is 2. The Hall–Kier alpha value is -4.13. The number of carbonyl (C=O) groups excluding carboxylic acids is 2. The number of rotatable bonds is 14. The molecule has 0 radical (unpaired) electrons. The molecular formula is C32H36F2N4O3. The van der Waals surface area contributed by atoms with Gasteiger partial charge in [-0.15, -0.1) is 6.42 Å². The predicted molar refractivity (Wildman–Crippen MR) is 154 cm³/mol. The van der Waals surface area contributed by atoms with E-state index in [1.54, 1.807) is 4.90 Å². The van der Waals surface area contributed by atoms with Crippen LogP contribution >= 0.6 is 0 Å². The maximum absolute atomic E-state index is 13.9. The van der Waals surface area contributed by atoms with Gasteiger partial charge in [0, 0.05) is 50.2 Å². The van der Waals surface area contributed by atoms with Gasteiger partial charge in [0.2, 0.25) is 0 Å². The van der Waals surface area contributed by atoms with Crippen molar-refractivity contribution >= 4 is 11.8 Å². The van der Waals surface area contributed by atoms with Gasteiger partial charge >= 0.3 is 0 Å². The number of pyridine rings is 1. The normalized spacial score (nSPS) is 12.3. The van der Waals surface area contributed by atoms with E-state index < -0.39 is 29.7 Å². The van der Waals surface area contributed by atoms with Gasteiger partial charge in [-0.25, -0.2) is 8.78 Å². The summed E-state index contributed by atoms with van der Waals surface area (Å²) in [5.74, 6) is 0.257. The molecule has 3 N–H and O–H groups in total. The number of amides is 2. The van der Waals surface area contributed by atoms with Gasteiger partial charge in [-0.1, -0.05) is 31.9 Å². The highest BCUT2D eigenvalue weighted by Crippen LogP contribution is 2.14. The van der Waals surface area contributed by atoms with Crippen molar-refractivity contribution in [3.63, 3.8) is 0 Å². The summed E-state index contributed by atoms with van der Waals surface area (Å²) >= 11 is 0. The average Bonchev–Trinajstić information content (AvgIpc) is 2.96. The van der Waals surface area contributed by atoms with Gasteiger partial charge < -0.3 is 20.6 Å². The van der Waals surface area contributed by atoms with Crippen LogP contribution in [0.4, 0.5) is 8.78 Å². The summed E-state index contributed by atoms with van der Waals surface area (Å²) in [6.07, 6.45) is 8.64. The van der Waals surface area contributed by atoms with E-state index in [1.165, 1.54) is 18.5 Å². The molecule has 0 bridgehead atoms. The fraction of sp³-hybridized carbons (Fsp3) is 0.344. The van der Waals surface area contributed by atoms with Crippen LogP contribution in [0.2, 0.25) is 0 Å². The van der Waals surface area contributed by atoms with Gasteiger partial charge in [0.1, 0.15) is 11.6 Å². The van der Waals surface area contributed by atoms with Crippen LogP contribution in [-0.2, 0) is 13.0 Å². The van der Waals surface area contributed by atoms with Crippen molar-refractivity contribution in [1.29, 1.82) is 0 Å². The van der Waals surface area contributed by atoms with Crippen LogP contribution in [0, 0.1) is 24.0 Å². The highest BCUT2D eigenvalue weighted by Gasteiger charge is 2.24. The minimum Gasteiger partial charge on any atom is -0.390 e. The Morgan fingerprint density at radius 1 is 1.00 bits per heavy atom. The molecule has 2 aromatic carbocycles. The van der Waals surface area contributed by atoms with Crippen LogP contribution in [0.5, 0.6) is 0 Å². The summed E-state index contributed by atoms with van der Waals surface area (Å²) in [6.45, 7) is 5.61. The Labute approximate surface area is 240 Å². The molecule has 0 unspecified atom stereocenters. The third-order valence-electron chi connectivity index (χ3n) is 6.46. The molecule has 3 rings (SSSR count). The minimum absolute atomic E-state index is 0.0390. The molecule has 2 atom stereocenters. The molecule has 2 amide bonds. The number of benzene rings is 2. The summed E-state index contributed by atoms with van der Waals surface area (Å²) in [7, 11) is 0. The van der Waals surface area contributed by atoms with Crippen molar-refractivity contribution in [3.05, 3.63) is 100 Å². The molecule has 0 saturated carbocycles. The molecule has 7 nitrogen and oxygen atoms in total. The van der Waals surface area contributed by atoms with Crippen molar-refractivity contribution in [2.24, 2.45) is 0 Å². The smallest absolute Gasteiger partial charge is 0.255 e. The van der Waals surface area contributed by atoms with E-state index in [1.807, 2.05) is 38.1 Å². The molecule has 0 saturated heterocycles. The first kappa shape index (κ1) is 31.4. The molecule has 0 aliphatic rings. The third-order valence-corrected chi connectivity index (χ3v) is 6.46. The van der Waals surface area contributed by atoms with Crippen LogP contribution in [0.1, 0.15) is 64.1 Å². The fourth-order valence-electron chi connectivity index (χ4n) is 4.51. The number of carbonyl (C=O) groups is 2. The Balaban J connectivity index is 1.77. The second kappa shape index (κ2) is 15.6. The SMILES string of the molecule is C#Cc1cccc(CNC[C@@H](O)[C@H](Cc2cc(F)cc(F)c2)NC(=O)c2cncc(C(=O)N(CCC)CCC)c2)c1. The first-order chi connectivity index (χ1) is 19.7. The molecule has 1 heterocycles. The van der Waals surface area contributed by atoms with Crippen LogP contribution in [0.25, 0.3) is 0 Å². The van der Waals surface area contributed by atoms with E-state index in [2.05, 4.69) is 21.5 Å². The van der Waals surface area contributed by atoms with Gasteiger partial charge in [-0.2, -0.15) is 0 Å². The second-order valence-corrected chi connectivity index (χ2v) is 9.86. The monoisotopic (exact) mass is 562 g/mol. The molecule has 0 aliphatic heterocycles. The number of aliphatic hydroxyl groups excluding tert-OH is 1. The number of hydrogen-bond donors (Lipinski definition) is 3. The lowest BCUT2D eigenvalue weighted by Crippen LogP contribution is -2.48. The van der Waals surface area contributed by atoms with E-state index >= 15 is 0 Å². The van der Waals surface area contributed by atoms with E-state index in [0.717, 1.165) is 42.2 Å². The third kappa shape index (κ3) is 9.48. The number of hydrogen-bond acceptors (Lipinski definition) is 5. The molecule has 0 aliphatic carbocycles. The second-order valence-electron chi connectivity index (χ2n) is 9.86. The highest BCUT2D eigenvalue weighted by molar-refractivity contribution is 5.99. The summed E-state index contributed by atoms with van der Waals surface area (Å²) in [4.78, 5) is 32.1. The number of nitrogens with zero attached hydrogens (tertiary/aromatic N) is 2. The topological polar surface area (TPSA) is 94.6 Å². The Morgan fingerprint density at radius 2 is 1.68 bits per heavy atom. The van der Waals surface area contributed by atoms with Gasteiger partial charge in [0.05, 0.1) is 23.3 Å². The Kier molecular flexibility index (Phi) is 11.9. The minimum atomic E-state index is -1.12. The van der Waals surface area contributed by atoms with Gasteiger partial charge in [0.25, 0.3) is 11.8 Å².